The zero-order valence-corrected chi connectivity index (χ0v) is 21.3. The van der Waals surface area contributed by atoms with E-state index in [-0.39, 0.29) is 0 Å². The van der Waals surface area contributed by atoms with Gasteiger partial charge in [0.2, 0.25) is 11.0 Å². The van der Waals surface area contributed by atoms with Crippen LogP contribution in [0.3, 0.4) is 0 Å². The molecule has 0 spiro atoms. The van der Waals surface area contributed by atoms with E-state index in [0.717, 1.165) is 13.1 Å². The molecule has 0 saturated heterocycles. The molecule has 1 aliphatic rings. The van der Waals surface area contributed by atoms with E-state index in [0.29, 0.717) is 0 Å². The predicted molar refractivity (Wildman–Crippen MR) is 156 cm³/mol. The van der Waals surface area contributed by atoms with Gasteiger partial charge in [-0.05, 0) is 72.2 Å². The summed E-state index contributed by atoms with van der Waals surface area (Å²) in [6.45, 7) is 6.36. The van der Waals surface area contributed by atoms with Gasteiger partial charge in [-0.3, -0.25) is 0 Å². The minimum atomic E-state index is 0.955. The lowest BCUT2D eigenvalue weighted by atomic mass is 9.93. The Bertz CT molecular complexity index is 1940. The molecule has 2 heteroatoms. The standard InChI is InChI=1S/C35H29N2/c1-3-36-31-16-10-8-14-27(31)29-22-25(18-20-33(29)36)35(24-12-6-5-7-13-24)26-19-21-34-30(23-26)28-15-9-11-17-32(28)37(34)4-2/h5-23H,3-4H2,1-2H3/q+1. The molecule has 0 aliphatic carbocycles. The minimum Gasteiger partial charge on any atom is -0.341 e. The third kappa shape index (κ3) is 3.29. The third-order valence-electron chi connectivity index (χ3n) is 7.82. The van der Waals surface area contributed by atoms with Crippen molar-refractivity contribution in [1.82, 2.24) is 9.14 Å². The summed E-state index contributed by atoms with van der Waals surface area (Å²) in [6.07, 6.45) is 0. The molecular formula is C35H29N2+. The largest absolute Gasteiger partial charge is 0.341 e. The average Bonchev–Trinajstić information content (AvgIpc) is 3.45. The first-order valence-electron chi connectivity index (χ1n) is 13.2. The molecule has 1 aromatic heterocycles. The first-order valence-corrected chi connectivity index (χ1v) is 13.2. The molecule has 37 heavy (non-hydrogen) atoms. The molecule has 0 bridgehead atoms. The average molecular weight is 478 g/mol. The Balaban J connectivity index is 1.56. The van der Waals surface area contributed by atoms with E-state index >= 15 is 0 Å². The van der Waals surface area contributed by atoms with Crippen LogP contribution in [0.25, 0.3) is 38.5 Å². The van der Waals surface area contributed by atoms with E-state index in [9.17, 15) is 0 Å². The lowest BCUT2D eigenvalue weighted by molar-refractivity contribution is 0.788. The van der Waals surface area contributed by atoms with Crippen LogP contribution in [0.5, 0.6) is 0 Å². The second-order valence-electron chi connectivity index (χ2n) is 9.73. The maximum atomic E-state index is 2.42. The van der Waals surface area contributed by atoms with Crippen molar-refractivity contribution < 1.29 is 0 Å². The van der Waals surface area contributed by atoms with Gasteiger partial charge < -0.3 is 4.57 Å². The lowest BCUT2D eigenvalue weighted by Crippen LogP contribution is -2.24. The second kappa shape index (κ2) is 8.60. The van der Waals surface area contributed by atoms with Gasteiger partial charge in [-0.25, -0.2) is 0 Å². The van der Waals surface area contributed by atoms with E-state index in [4.69, 9.17) is 0 Å². The SMILES string of the molecule is CCn1c2ccccc2c2cc(/C(c3ccccc3)=c3\ccc4c(c3)-c3ccccc3[N+]=4CC)ccc21. The fourth-order valence-electron chi connectivity index (χ4n) is 6.20. The fraction of sp³-hybridized carbons (Fsp3) is 0.114. The summed E-state index contributed by atoms with van der Waals surface area (Å²) in [5.74, 6) is 0. The highest BCUT2D eigenvalue weighted by Gasteiger charge is 2.25. The number of aryl methyl sites for hydroxylation is 1. The Hall–Kier alpha value is -4.43. The molecule has 2 nitrogen and oxygen atoms in total. The van der Waals surface area contributed by atoms with Gasteiger partial charge in [0.05, 0.1) is 11.1 Å². The number of nitrogens with zero attached hydrogens (tertiary/aromatic N) is 2. The van der Waals surface area contributed by atoms with Crippen molar-refractivity contribution in [1.29, 1.82) is 0 Å². The highest BCUT2D eigenvalue weighted by Crippen LogP contribution is 2.33. The number of rotatable bonds is 4. The second-order valence-corrected chi connectivity index (χ2v) is 9.73. The van der Waals surface area contributed by atoms with Crippen LogP contribution in [0.15, 0.2) is 115 Å². The van der Waals surface area contributed by atoms with Crippen LogP contribution >= 0.6 is 0 Å². The van der Waals surface area contributed by atoms with Crippen LogP contribution in [0, 0.1) is 0 Å². The van der Waals surface area contributed by atoms with Crippen molar-refractivity contribution in [2.24, 2.45) is 0 Å². The van der Waals surface area contributed by atoms with Crippen molar-refractivity contribution in [3.8, 4) is 11.1 Å². The molecule has 0 saturated carbocycles. The van der Waals surface area contributed by atoms with Crippen LogP contribution in [-0.2, 0) is 6.54 Å². The van der Waals surface area contributed by atoms with Gasteiger partial charge in [0.25, 0.3) is 0 Å². The number of benzene rings is 5. The van der Waals surface area contributed by atoms with Crippen LogP contribution in [0.1, 0.15) is 25.0 Å². The van der Waals surface area contributed by atoms with Gasteiger partial charge in [-0.1, -0.05) is 66.7 Å². The van der Waals surface area contributed by atoms with Crippen LogP contribution in [-0.4, -0.2) is 11.1 Å². The zero-order chi connectivity index (χ0) is 24.9. The van der Waals surface area contributed by atoms with Gasteiger partial charge in [0, 0.05) is 40.5 Å². The summed E-state index contributed by atoms with van der Waals surface area (Å²) in [5.41, 5.74) is 10.3. The van der Waals surface area contributed by atoms with Crippen molar-refractivity contribution in [2.45, 2.75) is 20.4 Å². The molecule has 0 fully saturated rings. The molecule has 0 radical (unpaired) electrons. The molecule has 7 rings (SSSR count). The topological polar surface area (TPSA) is 7.94 Å². The number of fused-ring (bicyclic) bond motifs is 6. The smallest absolute Gasteiger partial charge is 0.213 e. The van der Waals surface area contributed by atoms with E-state index < -0.39 is 0 Å². The highest BCUT2D eigenvalue weighted by atomic mass is 15.0. The third-order valence-corrected chi connectivity index (χ3v) is 7.82. The highest BCUT2D eigenvalue weighted by molar-refractivity contribution is 6.09. The maximum Gasteiger partial charge on any atom is 0.213 e. The summed E-state index contributed by atoms with van der Waals surface area (Å²) in [4.78, 5) is 0. The summed E-state index contributed by atoms with van der Waals surface area (Å²) < 4.78 is 4.84. The van der Waals surface area contributed by atoms with Crippen molar-refractivity contribution in [2.75, 3.05) is 6.54 Å². The van der Waals surface area contributed by atoms with Crippen LogP contribution < -0.4 is 15.2 Å². The fourth-order valence-corrected chi connectivity index (χ4v) is 6.20. The molecule has 178 valence electrons. The monoisotopic (exact) mass is 477 g/mol. The summed E-state index contributed by atoms with van der Waals surface area (Å²) in [7, 11) is 0. The van der Waals surface area contributed by atoms with E-state index in [1.54, 1.807) is 0 Å². The molecule has 0 unspecified atom stereocenters. The normalized spacial score (nSPS) is 13.2. The lowest BCUT2D eigenvalue weighted by Gasteiger charge is -2.11. The summed E-state index contributed by atoms with van der Waals surface area (Å²) >= 11 is 0. The maximum absolute atomic E-state index is 2.42. The van der Waals surface area contributed by atoms with Gasteiger partial charge >= 0.3 is 0 Å². The van der Waals surface area contributed by atoms with Crippen molar-refractivity contribution in [3.05, 3.63) is 137 Å². The summed E-state index contributed by atoms with van der Waals surface area (Å²) in [5, 5.41) is 5.17. The molecule has 5 aromatic carbocycles. The Morgan fingerprint density at radius 3 is 2.22 bits per heavy atom. The molecular weight excluding hydrogens is 448 g/mol. The van der Waals surface area contributed by atoms with Gasteiger partial charge in [0.15, 0.2) is 0 Å². The summed E-state index contributed by atoms with van der Waals surface area (Å²) in [6, 6.07) is 42.4. The molecule has 6 aromatic rings. The van der Waals surface area contributed by atoms with E-state index in [2.05, 4.69) is 138 Å². The van der Waals surface area contributed by atoms with Crippen LogP contribution in [0.4, 0.5) is 5.69 Å². The first-order chi connectivity index (χ1) is 18.3. The molecule has 0 N–H and O–H groups in total. The van der Waals surface area contributed by atoms with E-state index in [1.807, 2.05) is 0 Å². The Morgan fingerprint density at radius 2 is 1.38 bits per heavy atom. The quantitative estimate of drug-likeness (QED) is 0.244. The zero-order valence-electron chi connectivity index (χ0n) is 21.3. The number of hydrogen-bond donors (Lipinski definition) is 0. The van der Waals surface area contributed by atoms with Gasteiger partial charge in [0.1, 0.15) is 6.54 Å². The van der Waals surface area contributed by atoms with Crippen molar-refractivity contribution in [3.63, 3.8) is 0 Å². The predicted octanol–water partition coefficient (Wildman–Crippen LogP) is 6.88. The molecule has 1 aliphatic heterocycles. The van der Waals surface area contributed by atoms with E-state index in [1.165, 1.54) is 65.9 Å². The van der Waals surface area contributed by atoms with Gasteiger partial charge in [-0.2, -0.15) is 4.58 Å². The first kappa shape index (κ1) is 21.8. The minimum absolute atomic E-state index is 0.955. The Kier molecular flexibility index (Phi) is 5.07. The Morgan fingerprint density at radius 1 is 0.622 bits per heavy atom. The molecule has 2 heterocycles. The number of para-hydroxylation sites is 2. The number of aromatic nitrogens is 1. The molecule has 0 atom stereocenters. The van der Waals surface area contributed by atoms with Crippen LogP contribution in [0.2, 0.25) is 0 Å². The number of hydrogen-bond acceptors (Lipinski definition) is 0. The van der Waals surface area contributed by atoms with Gasteiger partial charge in [-0.15, -0.1) is 0 Å². The van der Waals surface area contributed by atoms with Crippen molar-refractivity contribution >= 4 is 33.1 Å². The Labute approximate surface area is 217 Å². The molecule has 0 amide bonds.